The van der Waals surface area contributed by atoms with E-state index in [9.17, 15) is 21.6 Å². The predicted molar refractivity (Wildman–Crippen MR) is 152 cm³/mol. The SMILES string of the molecule is CSc1ccc(S(=O)(=O)NCCOc2ccc(S(=O)(=O)N3CCCCC3)cc2)cc1C(=O)N1CCCCCC1. The van der Waals surface area contributed by atoms with Gasteiger partial charge in [-0.1, -0.05) is 19.3 Å². The standard InChI is InChI=1S/C27H37N3O6S3/c1-37-26-14-13-24(21-25(26)27(31)29-16-5-2-3-6-17-29)38(32,33)28-15-20-36-22-9-11-23(12-10-22)39(34,35)30-18-7-4-8-19-30/h9-14,21,28H,2-8,15-20H2,1H3. The summed E-state index contributed by atoms with van der Waals surface area (Å²) in [5, 5.41) is 0. The Morgan fingerprint density at radius 3 is 2.08 bits per heavy atom. The number of nitrogens with zero attached hydrogens (tertiary/aromatic N) is 2. The lowest BCUT2D eigenvalue weighted by Gasteiger charge is -2.25. The van der Waals surface area contributed by atoms with Crippen LogP contribution in [0.25, 0.3) is 0 Å². The smallest absolute Gasteiger partial charge is 0.255 e. The van der Waals surface area contributed by atoms with E-state index in [4.69, 9.17) is 4.74 Å². The molecule has 2 aromatic carbocycles. The molecule has 0 atom stereocenters. The second-order valence-corrected chi connectivity index (χ2v) is 14.3. The van der Waals surface area contributed by atoms with Gasteiger partial charge in [0.1, 0.15) is 12.4 Å². The minimum atomic E-state index is -3.87. The van der Waals surface area contributed by atoms with Crippen LogP contribution in [-0.2, 0) is 20.0 Å². The van der Waals surface area contributed by atoms with Crippen molar-refractivity contribution in [2.24, 2.45) is 0 Å². The average Bonchev–Trinajstić information content (AvgIpc) is 3.25. The van der Waals surface area contributed by atoms with Crippen LogP contribution >= 0.6 is 11.8 Å². The van der Waals surface area contributed by atoms with E-state index in [1.54, 1.807) is 18.2 Å². The monoisotopic (exact) mass is 595 g/mol. The van der Waals surface area contributed by atoms with Crippen molar-refractivity contribution in [3.8, 4) is 5.75 Å². The van der Waals surface area contributed by atoms with E-state index in [-0.39, 0.29) is 28.8 Å². The maximum absolute atomic E-state index is 13.2. The van der Waals surface area contributed by atoms with E-state index < -0.39 is 20.0 Å². The van der Waals surface area contributed by atoms with E-state index in [0.717, 1.165) is 49.8 Å². The van der Waals surface area contributed by atoms with Crippen molar-refractivity contribution in [3.63, 3.8) is 0 Å². The summed E-state index contributed by atoms with van der Waals surface area (Å²) in [6.45, 7) is 2.51. The van der Waals surface area contributed by atoms with Gasteiger partial charge in [-0.3, -0.25) is 4.79 Å². The van der Waals surface area contributed by atoms with Gasteiger partial charge in [0.25, 0.3) is 5.91 Å². The second-order valence-electron chi connectivity index (χ2n) is 9.75. The third-order valence-electron chi connectivity index (χ3n) is 7.04. The molecule has 12 heteroatoms. The van der Waals surface area contributed by atoms with Crippen LogP contribution in [0, 0.1) is 0 Å². The molecule has 2 heterocycles. The molecule has 0 aromatic heterocycles. The number of nitrogens with one attached hydrogen (secondary N) is 1. The lowest BCUT2D eigenvalue weighted by molar-refractivity contribution is 0.0758. The zero-order chi connectivity index (χ0) is 27.9. The van der Waals surface area contributed by atoms with E-state index in [1.165, 1.54) is 40.3 Å². The van der Waals surface area contributed by atoms with E-state index in [0.29, 0.717) is 37.5 Å². The minimum Gasteiger partial charge on any atom is -0.492 e. The molecule has 4 rings (SSSR count). The summed E-state index contributed by atoms with van der Waals surface area (Å²) in [6.07, 6.45) is 8.76. The second kappa shape index (κ2) is 13.5. The molecule has 2 aromatic rings. The average molecular weight is 596 g/mol. The summed E-state index contributed by atoms with van der Waals surface area (Å²) >= 11 is 1.42. The number of sulfonamides is 2. The van der Waals surface area contributed by atoms with Crippen LogP contribution in [0.2, 0.25) is 0 Å². The molecule has 0 radical (unpaired) electrons. The number of carbonyl (C=O) groups excluding carboxylic acids is 1. The molecule has 0 saturated carbocycles. The summed E-state index contributed by atoms with van der Waals surface area (Å²) in [4.78, 5) is 16.1. The molecule has 0 spiro atoms. The number of thioether (sulfide) groups is 1. The summed E-state index contributed by atoms with van der Waals surface area (Å²) in [5.41, 5.74) is 0.406. The Morgan fingerprint density at radius 2 is 1.44 bits per heavy atom. The van der Waals surface area contributed by atoms with Gasteiger partial charge in [0, 0.05) is 37.6 Å². The molecule has 1 N–H and O–H groups in total. The minimum absolute atomic E-state index is 0.00977. The number of amides is 1. The number of piperidine rings is 1. The van der Waals surface area contributed by atoms with Crippen molar-refractivity contribution in [2.75, 3.05) is 45.6 Å². The highest BCUT2D eigenvalue weighted by Gasteiger charge is 2.26. The number of benzene rings is 2. The van der Waals surface area contributed by atoms with Crippen molar-refractivity contribution < 1.29 is 26.4 Å². The lowest BCUT2D eigenvalue weighted by atomic mass is 10.2. The molecule has 9 nitrogen and oxygen atoms in total. The van der Waals surface area contributed by atoms with E-state index >= 15 is 0 Å². The number of likely N-dealkylation sites (tertiary alicyclic amines) is 1. The normalized spacial score (nSPS) is 17.5. The van der Waals surface area contributed by atoms with Crippen molar-refractivity contribution in [1.82, 2.24) is 13.9 Å². The Balaban J connectivity index is 1.35. The van der Waals surface area contributed by atoms with Gasteiger partial charge in [0.05, 0.1) is 15.4 Å². The Hall–Kier alpha value is -2.12. The highest BCUT2D eigenvalue weighted by Crippen LogP contribution is 2.26. The first-order chi connectivity index (χ1) is 18.7. The van der Waals surface area contributed by atoms with E-state index in [1.807, 2.05) is 11.2 Å². The molecular weight excluding hydrogens is 559 g/mol. The fourth-order valence-corrected chi connectivity index (χ4v) is 7.98. The fourth-order valence-electron chi connectivity index (χ4n) is 4.86. The quantitative estimate of drug-likeness (QED) is 0.327. The van der Waals surface area contributed by atoms with Crippen LogP contribution in [-0.4, -0.2) is 77.5 Å². The molecule has 0 bridgehead atoms. The van der Waals surface area contributed by atoms with Crippen LogP contribution in [0.4, 0.5) is 0 Å². The Kier molecular flexibility index (Phi) is 10.3. The number of hydrogen-bond donors (Lipinski definition) is 1. The predicted octanol–water partition coefficient (Wildman–Crippen LogP) is 3.96. The highest BCUT2D eigenvalue weighted by molar-refractivity contribution is 7.98. The zero-order valence-electron chi connectivity index (χ0n) is 22.3. The third-order valence-corrected chi connectivity index (χ3v) is 11.2. The Labute approximate surface area is 236 Å². The summed E-state index contributed by atoms with van der Waals surface area (Å²) in [5.74, 6) is 0.314. The maximum atomic E-state index is 13.2. The summed E-state index contributed by atoms with van der Waals surface area (Å²) in [6, 6.07) is 10.8. The topological polar surface area (TPSA) is 113 Å². The van der Waals surface area contributed by atoms with Gasteiger partial charge in [-0.05, 0) is 74.4 Å². The Morgan fingerprint density at radius 1 is 0.846 bits per heavy atom. The van der Waals surface area contributed by atoms with Crippen LogP contribution < -0.4 is 9.46 Å². The van der Waals surface area contributed by atoms with Gasteiger partial charge in [-0.2, -0.15) is 4.31 Å². The first kappa shape index (κ1) is 29.9. The van der Waals surface area contributed by atoms with Gasteiger partial charge in [-0.25, -0.2) is 21.6 Å². The van der Waals surface area contributed by atoms with Gasteiger partial charge >= 0.3 is 0 Å². The summed E-state index contributed by atoms with van der Waals surface area (Å²) in [7, 11) is -7.39. The van der Waals surface area contributed by atoms with Crippen LogP contribution in [0.15, 0.2) is 57.2 Å². The molecule has 1 amide bonds. The number of hydrogen-bond acceptors (Lipinski definition) is 7. The van der Waals surface area contributed by atoms with E-state index in [2.05, 4.69) is 4.72 Å². The third kappa shape index (κ3) is 7.55. The van der Waals surface area contributed by atoms with Crippen LogP contribution in [0.1, 0.15) is 55.3 Å². The molecule has 0 aliphatic carbocycles. The summed E-state index contributed by atoms with van der Waals surface area (Å²) < 4.78 is 61.3. The molecule has 2 saturated heterocycles. The van der Waals surface area contributed by atoms with Gasteiger partial charge in [0.2, 0.25) is 20.0 Å². The van der Waals surface area contributed by atoms with Crippen LogP contribution in [0.5, 0.6) is 5.75 Å². The van der Waals surface area contributed by atoms with Gasteiger partial charge < -0.3 is 9.64 Å². The van der Waals surface area contributed by atoms with Crippen molar-refractivity contribution in [1.29, 1.82) is 0 Å². The molecular formula is C27H37N3O6S3. The van der Waals surface area contributed by atoms with Gasteiger partial charge in [-0.15, -0.1) is 11.8 Å². The number of carbonyl (C=O) groups is 1. The van der Waals surface area contributed by atoms with Crippen molar-refractivity contribution in [2.45, 2.75) is 59.6 Å². The van der Waals surface area contributed by atoms with Gasteiger partial charge in [0.15, 0.2) is 0 Å². The van der Waals surface area contributed by atoms with Crippen molar-refractivity contribution in [3.05, 3.63) is 48.0 Å². The molecule has 39 heavy (non-hydrogen) atoms. The first-order valence-corrected chi connectivity index (χ1v) is 17.6. The molecule has 2 fully saturated rings. The molecule has 2 aliphatic rings. The Bertz CT molecular complexity index is 1330. The van der Waals surface area contributed by atoms with Crippen molar-refractivity contribution >= 4 is 37.7 Å². The number of rotatable bonds is 10. The maximum Gasteiger partial charge on any atom is 0.255 e. The molecule has 0 unspecified atom stereocenters. The van der Waals surface area contributed by atoms with Crippen LogP contribution in [0.3, 0.4) is 0 Å². The highest BCUT2D eigenvalue weighted by atomic mass is 32.2. The molecule has 214 valence electrons. The first-order valence-electron chi connectivity index (χ1n) is 13.4. The fraction of sp³-hybridized carbons (Fsp3) is 0.519. The number of ether oxygens (including phenoxy) is 1. The largest absolute Gasteiger partial charge is 0.492 e. The molecule has 2 aliphatic heterocycles. The zero-order valence-corrected chi connectivity index (χ0v) is 24.8. The lowest BCUT2D eigenvalue weighted by Crippen LogP contribution is -2.35.